The number of benzene rings is 2. The summed E-state index contributed by atoms with van der Waals surface area (Å²) in [6, 6.07) is 13.9. The van der Waals surface area contributed by atoms with Gasteiger partial charge in [0, 0.05) is 35.3 Å². The van der Waals surface area contributed by atoms with Crippen LogP contribution in [0.15, 0.2) is 72.4 Å². The Hall–Kier alpha value is -4.26. The van der Waals surface area contributed by atoms with Gasteiger partial charge in [0.15, 0.2) is 0 Å². The highest BCUT2D eigenvalue weighted by molar-refractivity contribution is 7.17. The van der Waals surface area contributed by atoms with E-state index in [0.717, 1.165) is 52.6 Å². The Morgan fingerprint density at radius 2 is 1.83 bits per heavy atom. The van der Waals surface area contributed by atoms with Crippen LogP contribution in [0.5, 0.6) is 0 Å². The maximum Gasteiger partial charge on any atom is 0.417 e. The third-order valence-corrected chi connectivity index (χ3v) is 7.85. The number of hydrogen-bond donors (Lipinski definition) is 2. The van der Waals surface area contributed by atoms with Gasteiger partial charge in [0.25, 0.3) is 5.91 Å². The average molecular weight is 611 g/mol. The van der Waals surface area contributed by atoms with E-state index < -0.39 is 22.7 Å². The fourth-order valence-electron chi connectivity index (χ4n) is 4.51. The fourth-order valence-corrected chi connectivity index (χ4v) is 5.61. The number of pyridine rings is 1. The van der Waals surface area contributed by atoms with Gasteiger partial charge in [-0.2, -0.15) is 13.2 Å². The van der Waals surface area contributed by atoms with Crippen molar-refractivity contribution in [3.8, 4) is 11.1 Å². The minimum Gasteiger partial charge on any atom is -0.378 e. The summed E-state index contributed by atoms with van der Waals surface area (Å²) in [7, 11) is 0. The molecule has 0 atom stereocenters. The van der Waals surface area contributed by atoms with Crippen molar-refractivity contribution in [1.82, 2.24) is 15.0 Å². The molecule has 42 heavy (non-hydrogen) atoms. The molecule has 5 aromatic rings. The van der Waals surface area contributed by atoms with Gasteiger partial charge in [0.05, 0.1) is 52.1 Å². The standard InChI is InChI=1S/C29H22ClF3N6O2S/c30-23-6-4-18(13-22(23)29(31,32)33)27(40)36-19-3-1-2-17(12-19)21-16-42-24-15-35-28(38-26(21)24)37-20-5-7-25(34-14-20)39-8-10-41-11-9-39/h1-7,12-16H,8-11H2,(H,36,40)(H,35,37,38). The molecule has 13 heteroatoms. The van der Waals surface area contributed by atoms with Crippen LogP contribution in [-0.4, -0.2) is 47.2 Å². The highest BCUT2D eigenvalue weighted by Crippen LogP contribution is 2.36. The summed E-state index contributed by atoms with van der Waals surface area (Å²) < 4.78 is 46.0. The zero-order valence-electron chi connectivity index (χ0n) is 21.8. The van der Waals surface area contributed by atoms with Gasteiger partial charge in [-0.05, 0) is 48.0 Å². The van der Waals surface area contributed by atoms with E-state index in [1.165, 1.54) is 17.4 Å². The third kappa shape index (κ3) is 6.01. The molecule has 8 nitrogen and oxygen atoms in total. The molecule has 6 rings (SSSR count). The van der Waals surface area contributed by atoms with Crippen LogP contribution in [0, 0.1) is 0 Å². The Morgan fingerprint density at radius 3 is 2.60 bits per heavy atom. The van der Waals surface area contributed by atoms with Crippen LogP contribution in [0.25, 0.3) is 21.3 Å². The number of nitrogens with one attached hydrogen (secondary N) is 2. The van der Waals surface area contributed by atoms with Crippen LogP contribution in [0.1, 0.15) is 15.9 Å². The van der Waals surface area contributed by atoms with Gasteiger partial charge in [0.1, 0.15) is 5.82 Å². The number of thiophene rings is 1. The number of ether oxygens (including phenoxy) is 1. The number of carbonyl (C=O) groups is 1. The number of anilines is 4. The largest absolute Gasteiger partial charge is 0.417 e. The molecule has 214 valence electrons. The number of fused-ring (bicyclic) bond motifs is 1. The molecule has 3 aromatic heterocycles. The normalized spacial score (nSPS) is 13.8. The summed E-state index contributed by atoms with van der Waals surface area (Å²) in [5, 5.41) is 7.34. The molecule has 1 saturated heterocycles. The van der Waals surface area contributed by atoms with Gasteiger partial charge in [-0.25, -0.2) is 15.0 Å². The number of amides is 1. The van der Waals surface area contributed by atoms with Gasteiger partial charge < -0.3 is 20.3 Å². The number of rotatable bonds is 6. The van der Waals surface area contributed by atoms with Crippen LogP contribution >= 0.6 is 22.9 Å². The van der Waals surface area contributed by atoms with E-state index in [-0.39, 0.29) is 5.56 Å². The monoisotopic (exact) mass is 610 g/mol. The minimum absolute atomic E-state index is 0.158. The molecule has 1 amide bonds. The topological polar surface area (TPSA) is 92.3 Å². The molecule has 0 aliphatic carbocycles. The number of morpholine rings is 1. The van der Waals surface area contributed by atoms with Gasteiger partial charge in [0.2, 0.25) is 5.95 Å². The molecule has 2 N–H and O–H groups in total. The Labute approximate surface area is 247 Å². The van der Waals surface area contributed by atoms with Crippen LogP contribution in [0.4, 0.5) is 36.3 Å². The molecule has 1 aliphatic rings. The van der Waals surface area contributed by atoms with Crippen molar-refractivity contribution in [3.63, 3.8) is 0 Å². The summed E-state index contributed by atoms with van der Waals surface area (Å²) in [5.74, 6) is 0.589. The molecule has 1 fully saturated rings. The molecule has 0 radical (unpaired) electrons. The maximum atomic E-state index is 13.3. The van der Waals surface area contributed by atoms with Gasteiger partial charge >= 0.3 is 6.18 Å². The summed E-state index contributed by atoms with van der Waals surface area (Å²) >= 11 is 7.17. The highest BCUT2D eigenvalue weighted by Gasteiger charge is 2.33. The molecule has 2 aromatic carbocycles. The lowest BCUT2D eigenvalue weighted by Crippen LogP contribution is -2.36. The van der Waals surface area contributed by atoms with Crippen molar-refractivity contribution >= 4 is 62.2 Å². The van der Waals surface area contributed by atoms with E-state index in [1.54, 1.807) is 30.6 Å². The zero-order chi connectivity index (χ0) is 29.3. The maximum absolute atomic E-state index is 13.3. The second-order valence-electron chi connectivity index (χ2n) is 9.41. The van der Waals surface area contributed by atoms with Crippen LogP contribution in [-0.2, 0) is 10.9 Å². The molecule has 1 aliphatic heterocycles. The second-order valence-corrected chi connectivity index (χ2v) is 10.7. The van der Waals surface area contributed by atoms with Crippen LogP contribution < -0.4 is 15.5 Å². The predicted molar refractivity (Wildman–Crippen MR) is 158 cm³/mol. The smallest absolute Gasteiger partial charge is 0.378 e. The Kier molecular flexibility index (Phi) is 7.67. The average Bonchev–Trinajstić information content (AvgIpc) is 3.41. The summed E-state index contributed by atoms with van der Waals surface area (Å²) in [6.07, 6.45) is -1.21. The zero-order valence-corrected chi connectivity index (χ0v) is 23.4. The molecule has 0 bridgehead atoms. The summed E-state index contributed by atoms with van der Waals surface area (Å²) in [6.45, 7) is 2.95. The van der Waals surface area contributed by atoms with Crippen LogP contribution in [0.2, 0.25) is 5.02 Å². The van der Waals surface area contributed by atoms with E-state index in [2.05, 4.69) is 25.5 Å². The van der Waals surface area contributed by atoms with Crippen molar-refractivity contribution in [2.75, 3.05) is 41.8 Å². The van der Waals surface area contributed by atoms with E-state index in [4.69, 9.17) is 21.3 Å². The van der Waals surface area contributed by atoms with Crippen molar-refractivity contribution in [1.29, 1.82) is 0 Å². The van der Waals surface area contributed by atoms with Crippen molar-refractivity contribution in [2.24, 2.45) is 0 Å². The number of aromatic nitrogens is 3. The molecule has 4 heterocycles. The quantitative estimate of drug-likeness (QED) is 0.209. The highest BCUT2D eigenvalue weighted by atomic mass is 35.5. The van der Waals surface area contributed by atoms with E-state index in [1.807, 2.05) is 23.6 Å². The Bertz CT molecular complexity index is 1760. The molecule has 0 saturated carbocycles. The van der Waals surface area contributed by atoms with Crippen molar-refractivity contribution in [3.05, 3.63) is 88.5 Å². The summed E-state index contributed by atoms with van der Waals surface area (Å²) in [5.41, 5.74) is 2.24. The predicted octanol–water partition coefficient (Wildman–Crippen LogP) is 7.26. The first-order valence-corrected chi connectivity index (χ1v) is 14.1. The number of alkyl halides is 3. The first kappa shape index (κ1) is 27.9. The number of nitrogens with zero attached hydrogens (tertiary/aromatic N) is 4. The Morgan fingerprint density at radius 1 is 1.00 bits per heavy atom. The van der Waals surface area contributed by atoms with Crippen LogP contribution in [0.3, 0.4) is 0 Å². The fraction of sp³-hybridized carbons (Fsp3) is 0.172. The van der Waals surface area contributed by atoms with E-state index in [9.17, 15) is 18.0 Å². The first-order valence-electron chi connectivity index (χ1n) is 12.8. The Balaban J connectivity index is 1.21. The SMILES string of the molecule is O=C(Nc1cccc(-c2csc3cnc(Nc4ccc(N5CCOCC5)nc4)nc23)c1)c1ccc(Cl)c(C(F)(F)F)c1. The van der Waals surface area contributed by atoms with E-state index >= 15 is 0 Å². The van der Waals surface area contributed by atoms with E-state index in [0.29, 0.717) is 30.4 Å². The second kappa shape index (κ2) is 11.6. The van der Waals surface area contributed by atoms with Gasteiger partial charge in [-0.1, -0.05) is 23.7 Å². The lowest BCUT2D eigenvalue weighted by Gasteiger charge is -2.27. The number of halogens is 4. The lowest BCUT2D eigenvalue weighted by atomic mass is 10.1. The third-order valence-electron chi connectivity index (χ3n) is 6.62. The van der Waals surface area contributed by atoms with Crippen molar-refractivity contribution < 1.29 is 22.7 Å². The molecular weight excluding hydrogens is 589 g/mol. The minimum atomic E-state index is -4.67. The summed E-state index contributed by atoms with van der Waals surface area (Å²) in [4.78, 5) is 28.7. The van der Waals surface area contributed by atoms with Crippen molar-refractivity contribution in [2.45, 2.75) is 6.18 Å². The first-order chi connectivity index (χ1) is 20.2. The number of hydrogen-bond acceptors (Lipinski definition) is 8. The van der Waals surface area contributed by atoms with Gasteiger partial charge in [-0.15, -0.1) is 11.3 Å². The molecule has 0 unspecified atom stereocenters. The molecular formula is C29H22ClF3N6O2S. The lowest BCUT2D eigenvalue weighted by molar-refractivity contribution is -0.137. The number of carbonyl (C=O) groups excluding carboxylic acids is 1. The molecule has 0 spiro atoms. The van der Waals surface area contributed by atoms with Gasteiger partial charge in [-0.3, -0.25) is 4.79 Å².